The molecule has 0 aromatic heterocycles. The van der Waals surface area contributed by atoms with Crippen LogP contribution in [0, 0.1) is 12.8 Å². The summed E-state index contributed by atoms with van der Waals surface area (Å²) in [4.78, 5) is 3.03. The molecule has 0 atom stereocenters. The van der Waals surface area contributed by atoms with Crippen LogP contribution in [0.2, 0.25) is 0 Å². The van der Waals surface area contributed by atoms with Gasteiger partial charge in [-0.1, -0.05) is 37.7 Å². The SMILES string of the molecule is CCN(Cc1ccc(C(N)=S)cc1C)CC1CCC1. The lowest BCUT2D eigenvalue weighted by Gasteiger charge is -2.32. The van der Waals surface area contributed by atoms with Crippen LogP contribution in [0.15, 0.2) is 18.2 Å². The van der Waals surface area contributed by atoms with E-state index in [1.807, 2.05) is 6.07 Å². The number of nitrogens with zero attached hydrogens (tertiary/aromatic N) is 1. The Hall–Kier alpha value is -0.930. The van der Waals surface area contributed by atoms with Crippen LogP contribution in [-0.2, 0) is 6.54 Å². The zero-order valence-electron chi connectivity index (χ0n) is 12.0. The fraction of sp³-hybridized carbons (Fsp3) is 0.562. The summed E-state index contributed by atoms with van der Waals surface area (Å²) in [6.07, 6.45) is 4.25. The Morgan fingerprint density at radius 1 is 1.42 bits per heavy atom. The van der Waals surface area contributed by atoms with Crippen LogP contribution >= 0.6 is 12.2 Å². The van der Waals surface area contributed by atoms with Crippen molar-refractivity contribution in [2.45, 2.75) is 39.7 Å². The minimum absolute atomic E-state index is 0.483. The van der Waals surface area contributed by atoms with Crippen molar-refractivity contribution < 1.29 is 0 Å². The molecule has 3 heteroatoms. The number of thiocarbonyl (C=S) groups is 1. The highest BCUT2D eigenvalue weighted by atomic mass is 32.1. The van der Waals surface area contributed by atoms with E-state index in [4.69, 9.17) is 18.0 Å². The van der Waals surface area contributed by atoms with Crippen LogP contribution in [0.25, 0.3) is 0 Å². The van der Waals surface area contributed by atoms with Gasteiger partial charge in [-0.25, -0.2) is 0 Å². The van der Waals surface area contributed by atoms with Gasteiger partial charge in [0.2, 0.25) is 0 Å². The predicted molar refractivity (Wildman–Crippen MR) is 85.4 cm³/mol. The molecule has 0 bridgehead atoms. The van der Waals surface area contributed by atoms with Gasteiger partial charge in [0, 0.05) is 18.7 Å². The van der Waals surface area contributed by atoms with Gasteiger partial charge in [0.15, 0.2) is 0 Å². The number of hydrogen-bond acceptors (Lipinski definition) is 2. The third-order valence-corrected chi connectivity index (χ3v) is 4.45. The van der Waals surface area contributed by atoms with Crippen LogP contribution < -0.4 is 5.73 Å². The quantitative estimate of drug-likeness (QED) is 0.809. The number of benzene rings is 1. The third-order valence-electron chi connectivity index (χ3n) is 4.21. The first-order valence-electron chi connectivity index (χ1n) is 7.21. The molecule has 1 aromatic carbocycles. The summed E-state index contributed by atoms with van der Waals surface area (Å²) in [6.45, 7) is 7.79. The molecule has 2 nitrogen and oxygen atoms in total. The van der Waals surface area contributed by atoms with E-state index in [2.05, 4.69) is 30.9 Å². The van der Waals surface area contributed by atoms with E-state index < -0.39 is 0 Å². The predicted octanol–water partition coefficient (Wildman–Crippen LogP) is 3.25. The number of hydrogen-bond donors (Lipinski definition) is 1. The molecular formula is C16H24N2S. The maximum Gasteiger partial charge on any atom is 0.103 e. The fourth-order valence-electron chi connectivity index (χ4n) is 2.61. The topological polar surface area (TPSA) is 29.3 Å². The summed E-state index contributed by atoms with van der Waals surface area (Å²) in [5.41, 5.74) is 9.32. The lowest BCUT2D eigenvalue weighted by Crippen LogP contribution is -2.32. The smallest absolute Gasteiger partial charge is 0.103 e. The van der Waals surface area contributed by atoms with E-state index in [-0.39, 0.29) is 0 Å². The highest BCUT2D eigenvalue weighted by Crippen LogP contribution is 2.27. The summed E-state index contributed by atoms with van der Waals surface area (Å²) in [5.74, 6) is 0.927. The molecule has 2 N–H and O–H groups in total. The minimum atomic E-state index is 0.483. The Balaban J connectivity index is 2.01. The molecule has 1 fully saturated rings. The highest BCUT2D eigenvalue weighted by Gasteiger charge is 2.20. The Morgan fingerprint density at radius 3 is 2.63 bits per heavy atom. The van der Waals surface area contributed by atoms with E-state index in [1.54, 1.807) is 0 Å². The number of rotatable bonds is 6. The van der Waals surface area contributed by atoms with E-state index in [1.165, 1.54) is 36.9 Å². The minimum Gasteiger partial charge on any atom is -0.389 e. The Kier molecular flexibility index (Phi) is 4.94. The molecule has 1 aliphatic carbocycles. The molecule has 1 aliphatic rings. The van der Waals surface area contributed by atoms with Crippen molar-refractivity contribution >= 4 is 17.2 Å². The summed E-state index contributed by atoms with van der Waals surface area (Å²) < 4.78 is 0. The standard InChI is InChI=1S/C16H24N2S/c1-3-18(10-13-5-4-6-13)11-15-8-7-14(16(17)19)9-12(15)2/h7-9,13H,3-6,10-11H2,1-2H3,(H2,17,19). The Labute approximate surface area is 122 Å². The molecule has 1 aromatic rings. The largest absolute Gasteiger partial charge is 0.389 e. The zero-order valence-corrected chi connectivity index (χ0v) is 12.8. The lowest BCUT2D eigenvalue weighted by molar-refractivity contribution is 0.178. The van der Waals surface area contributed by atoms with Crippen LogP contribution in [0.1, 0.15) is 42.9 Å². The van der Waals surface area contributed by atoms with Crippen molar-refractivity contribution in [3.63, 3.8) is 0 Å². The second-order valence-electron chi connectivity index (χ2n) is 5.63. The molecule has 19 heavy (non-hydrogen) atoms. The van der Waals surface area contributed by atoms with Gasteiger partial charge < -0.3 is 5.73 Å². The average Bonchev–Trinajstić information content (AvgIpc) is 2.33. The van der Waals surface area contributed by atoms with Gasteiger partial charge in [-0.3, -0.25) is 4.90 Å². The van der Waals surface area contributed by atoms with Crippen LogP contribution in [0.4, 0.5) is 0 Å². The lowest BCUT2D eigenvalue weighted by atomic mass is 9.85. The second-order valence-corrected chi connectivity index (χ2v) is 6.07. The molecule has 0 saturated heterocycles. The average molecular weight is 276 g/mol. The van der Waals surface area contributed by atoms with Crippen LogP contribution in [-0.4, -0.2) is 23.0 Å². The second kappa shape index (κ2) is 6.49. The maximum atomic E-state index is 5.67. The van der Waals surface area contributed by atoms with E-state index >= 15 is 0 Å². The van der Waals surface area contributed by atoms with Gasteiger partial charge in [0.25, 0.3) is 0 Å². The molecule has 2 rings (SSSR count). The van der Waals surface area contributed by atoms with Gasteiger partial charge in [-0.2, -0.15) is 0 Å². The van der Waals surface area contributed by atoms with Gasteiger partial charge >= 0.3 is 0 Å². The molecule has 0 aliphatic heterocycles. The first-order valence-corrected chi connectivity index (χ1v) is 7.62. The van der Waals surface area contributed by atoms with Crippen molar-refractivity contribution in [2.24, 2.45) is 11.7 Å². The number of aryl methyl sites for hydroxylation is 1. The van der Waals surface area contributed by atoms with Gasteiger partial charge in [0.05, 0.1) is 0 Å². The molecule has 104 valence electrons. The highest BCUT2D eigenvalue weighted by molar-refractivity contribution is 7.80. The van der Waals surface area contributed by atoms with Crippen molar-refractivity contribution in [1.82, 2.24) is 4.90 Å². The molecule has 0 radical (unpaired) electrons. The van der Waals surface area contributed by atoms with Crippen LogP contribution in [0.5, 0.6) is 0 Å². The number of nitrogens with two attached hydrogens (primary N) is 1. The van der Waals surface area contributed by atoms with Gasteiger partial charge in [-0.15, -0.1) is 0 Å². The van der Waals surface area contributed by atoms with Crippen molar-refractivity contribution in [3.05, 3.63) is 34.9 Å². The Bertz CT molecular complexity index is 452. The first-order chi connectivity index (χ1) is 9.10. The maximum absolute atomic E-state index is 5.67. The third kappa shape index (κ3) is 3.77. The van der Waals surface area contributed by atoms with E-state index in [0.717, 1.165) is 24.6 Å². The van der Waals surface area contributed by atoms with Crippen molar-refractivity contribution in [1.29, 1.82) is 0 Å². The monoisotopic (exact) mass is 276 g/mol. The molecule has 0 heterocycles. The van der Waals surface area contributed by atoms with Crippen molar-refractivity contribution in [2.75, 3.05) is 13.1 Å². The Morgan fingerprint density at radius 2 is 2.16 bits per heavy atom. The van der Waals surface area contributed by atoms with Gasteiger partial charge in [0.1, 0.15) is 4.99 Å². The normalized spacial score (nSPS) is 15.5. The summed E-state index contributed by atoms with van der Waals surface area (Å²) in [7, 11) is 0. The van der Waals surface area contributed by atoms with E-state index in [9.17, 15) is 0 Å². The molecule has 0 amide bonds. The first kappa shape index (κ1) is 14.5. The zero-order chi connectivity index (χ0) is 13.8. The summed E-state index contributed by atoms with van der Waals surface area (Å²) in [5, 5.41) is 0. The molecular weight excluding hydrogens is 252 g/mol. The molecule has 0 unspecified atom stereocenters. The molecule has 0 spiro atoms. The summed E-state index contributed by atoms with van der Waals surface area (Å²) >= 11 is 5.02. The fourth-order valence-corrected chi connectivity index (χ4v) is 2.74. The summed E-state index contributed by atoms with van der Waals surface area (Å²) in [6, 6.07) is 6.32. The van der Waals surface area contributed by atoms with E-state index in [0.29, 0.717) is 4.99 Å². The molecule has 1 saturated carbocycles. The van der Waals surface area contributed by atoms with Crippen LogP contribution in [0.3, 0.4) is 0 Å². The van der Waals surface area contributed by atoms with Gasteiger partial charge in [-0.05, 0) is 49.4 Å². The van der Waals surface area contributed by atoms with Crippen molar-refractivity contribution in [3.8, 4) is 0 Å².